The van der Waals surface area contributed by atoms with E-state index in [1.165, 1.54) is 10.9 Å². The van der Waals surface area contributed by atoms with Crippen molar-refractivity contribution >= 4 is 0 Å². The van der Waals surface area contributed by atoms with E-state index < -0.39 is 24.6 Å². The predicted molar refractivity (Wildman–Crippen MR) is 68.1 cm³/mol. The first-order chi connectivity index (χ1) is 8.86. The molecule has 1 aromatic rings. The van der Waals surface area contributed by atoms with Crippen LogP contribution in [0.4, 0.5) is 8.78 Å². The van der Waals surface area contributed by atoms with Crippen molar-refractivity contribution in [1.82, 2.24) is 9.78 Å². The minimum absolute atomic E-state index is 0.219. The van der Waals surface area contributed by atoms with E-state index in [9.17, 15) is 19.0 Å². The number of hydrogen-bond donors (Lipinski definition) is 2. The average molecular weight is 276 g/mol. The van der Waals surface area contributed by atoms with Gasteiger partial charge in [-0.25, -0.2) is 8.78 Å². The third-order valence-corrected chi connectivity index (χ3v) is 3.57. The van der Waals surface area contributed by atoms with Gasteiger partial charge in [0.25, 0.3) is 6.43 Å². The highest BCUT2D eigenvalue weighted by Crippen LogP contribution is 2.35. The number of aromatic nitrogens is 2. The number of nitrogens with zero attached hydrogens (tertiary/aromatic N) is 2. The molecular formula is C13H22F2N2O2. The molecule has 0 fully saturated rings. The van der Waals surface area contributed by atoms with E-state index in [2.05, 4.69) is 5.10 Å². The summed E-state index contributed by atoms with van der Waals surface area (Å²) in [5.74, 6) is 0. The number of hydrogen-bond acceptors (Lipinski definition) is 3. The summed E-state index contributed by atoms with van der Waals surface area (Å²) in [7, 11) is 1.55. The summed E-state index contributed by atoms with van der Waals surface area (Å²) in [6.45, 7) is 3.18. The van der Waals surface area contributed by atoms with Crippen molar-refractivity contribution < 1.29 is 19.0 Å². The van der Waals surface area contributed by atoms with Crippen LogP contribution in [0.3, 0.4) is 0 Å². The summed E-state index contributed by atoms with van der Waals surface area (Å²) in [5, 5.41) is 23.5. The Morgan fingerprint density at radius 1 is 1.47 bits per heavy atom. The Bertz CT molecular complexity index is 409. The highest BCUT2D eigenvalue weighted by Gasteiger charge is 2.39. The largest absolute Gasteiger partial charge is 0.395 e. The maximum absolute atomic E-state index is 13.0. The van der Waals surface area contributed by atoms with Gasteiger partial charge in [0.1, 0.15) is 5.69 Å². The molecule has 2 unspecified atom stereocenters. The molecule has 0 radical (unpaired) electrons. The average Bonchev–Trinajstić information content (AvgIpc) is 2.77. The molecule has 1 rings (SSSR count). The van der Waals surface area contributed by atoms with Gasteiger partial charge >= 0.3 is 0 Å². The minimum Gasteiger partial charge on any atom is -0.395 e. The van der Waals surface area contributed by atoms with Gasteiger partial charge in [0.15, 0.2) is 0 Å². The Balaban J connectivity index is 3.13. The van der Waals surface area contributed by atoms with Gasteiger partial charge in [0.05, 0.1) is 12.7 Å². The highest BCUT2D eigenvalue weighted by atomic mass is 19.3. The van der Waals surface area contributed by atoms with Gasteiger partial charge in [-0.2, -0.15) is 5.10 Å². The predicted octanol–water partition coefficient (Wildman–Crippen LogP) is 2.16. The van der Waals surface area contributed by atoms with E-state index >= 15 is 0 Å². The molecule has 0 aliphatic carbocycles. The van der Waals surface area contributed by atoms with Crippen LogP contribution in [-0.4, -0.2) is 32.7 Å². The quantitative estimate of drug-likeness (QED) is 0.802. The monoisotopic (exact) mass is 276 g/mol. The van der Waals surface area contributed by atoms with Crippen LogP contribution < -0.4 is 0 Å². The number of halogens is 2. The fraction of sp³-hybridized carbons (Fsp3) is 0.769. The van der Waals surface area contributed by atoms with E-state index in [-0.39, 0.29) is 11.3 Å². The van der Waals surface area contributed by atoms with Crippen molar-refractivity contribution in [2.45, 2.75) is 51.1 Å². The lowest BCUT2D eigenvalue weighted by Gasteiger charge is -2.32. The lowest BCUT2D eigenvalue weighted by Crippen LogP contribution is -2.40. The molecule has 0 saturated carbocycles. The second-order valence-corrected chi connectivity index (χ2v) is 5.14. The number of rotatable bonds is 7. The molecule has 0 amide bonds. The highest BCUT2D eigenvalue weighted by molar-refractivity contribution is 5.29. The molecule has 19 heavy (non-hydrogen) atoms. The van der Waals surface area contributed by atoms with Crippen LogP contribution >= 0.6 is 0 Å². The van der Waals surface area contributed by atoms with Gasteiger partial charge in [-0.15, -0.1) is 0 Å². The van der Waals surface area contributed by atoms with E-state index in [0.29, 0.717) is 6.42 Å². The molecule has 2 atom stereocenters. The molecule has 2 N–H and O–H groups in total. The molecule has 4 nitrogen and oxygen atoms in total. The van der Waals surface area contributed by atoms with E-state index in [1.54, 1.807) is 14.0 Å². The Morgan fingerprint density at radius 2 is 2.11 bits per heavy atom. The first-order valence-electron chi connectivity index (χ1n) is 6.47. The molecule has 1 heterocycles. The zero-order valence-electron chi connectivity index (χ0n) is 11.6. The summed E-state index contributed by atoms with van der Waals surface area (Å²) in [6.07, 6.45) is -0.00795. The van der Waals surface area contributed by atoms with Crippen LogP contribution in [0.2, 0.25) is 0 Å². The lowest BCUT2D eigenvalue weighted by atomic mass is 9.76. The molecule has 0 aliphatic heterocycles. The van der Waals surface area contributed by atoms with Crippen LogP contribution in [0.5, 0.6) is 0 Å². The molecule has 0 spiro atoms. The van der Waals surface area contributed by atoms with Crippen molar-refractivity contribution in [2.24, 2.45) is 7.05 Å². The summed E-state index contributed by atoms with van der Waals surface area (Å²) in [4.78, 5) is 0. The number of aliphatic hydroxyl groups is 2. The Kier molecular flexibility index (Phi) is 5.43. The van der Waals surface area contributed by atoms with Crippen LogP contribution in [0, 0.1) is 0 Å². The molecule has 0 bridgehead atoms. The van der Waals surface area contributed by atoms with Gasteiger partial charge in [0, 0.05) is 24.2 Å². The molecular weight excluding hydrogens is 254 g/mol. The van der Waals surface area contributed by atoms with Crippen LogP contribution in [-0.2, 0) is 12.5 Å². The van der Waals surface area contributed by atoms with Crippen LogP contribution in [0.1, 0.15) is 50.8 Å². The normalized spacial score (nSPS) is 16.6. The van der Waals surface area contributed by atoms with Crippen LogP contribution in [0.15, 0.2) is 6.20 Å². The van der Waals surface area contributed by atoms with Crippen LogP contribution in [0.25, 0.3) is 0 Å². The molecule has 0 aromatic carbocycles. The second kappa shape index (κ2) is 6.43. The topological polar surface area (TPSA) is 58.3 Å². The maximum Gasteiger partial charge on any atom is 0.282 e. The Hall–Kier alpha value is -1.01. The molecule has 1 aromatic heterocycles. The standard InChI is InChI=1S/C13H22F2N2O2/c1-4-5-6-10(19)13(2,8-18)9-7-17(3)16-11(9)12(14)15/h7,10,12,18-19H,4-6,8H2,1-3H3. The first kappa shape index (κ1) is 16.0. The van der Waals surface area contributed by atoms with Gasteiger partial charge in [-0.3, -0.25) is 4.68 Å². The van der Waals surface area contributed by atoms with Gasteiger partial charge in [0.2, 0.25) is 0 Å². The van der Waals surface area contributed by atoms with Crippen molar-refractivity contribution in [1.29, 1.82) is 0 Å². The number of aliphatic hydroxyl groups excluding tert-OH is 2. The zero-order chi connectivity index (χ0) is 14.6. The summed E-state index contributed by atoms with van der Waals surface area (Å²) >= 11 is 0. The molecule has 110 valence electrons. The minimum atomic E-state index is -2.72. The fourth-order valence-electron chi connectivity index (χ4n) is 2.19. The summed E-state index contributed by atoms with van der Waals surface area (Å²) in [5.41, 5.74) is -1.26. The number of aryl methyl sites for hydroxylation is 1. The second-order valence-electron chi connectivity index (χ2n) is 5.14. The fourth-order valence-corrected chi connectivity index (χ4v) is 2.19. The summed E-state index contributed by atoms with van der Waals surface area (Å²) < 4.78 is 27.3. The van der Waals surface area contributed by atoms with E-state index in [4.69, 9.17) is 0 Å². The third kappa shape index (κ3) is 3.30. The lowest BCUT2D eigenvalue weighted by molar-refractivity contribution is 0.0379. The van der Waals surface area contributed by atoms with Crippen molar-refractivity contribution in [3.05, 3.63) is 17.5 Å². The van der Waals surface area contributed by atoms with Gasteiger partial charge < -0.3 is 10.2 Å². The van der Waals surface area contributed by atoms with Gasteiger partial charge in [-0.05, 0) is 6.42 Å². The van der Waals surface area contributed by atoms with E-state index in [1.807, 2.05) is 6.92 Å². The van der Waals surface area contributed by atoms with Gasteiger partial charge in [-0.1, -0.05) is 26.7 Å². The number of alkyl halides is 2. The smallest absolute Gasteiger partial charge is 0.282 e. The van der Waals surface area contributed by atoms with Crippen molar-refractivity contribution in [3.63, 3.8) is 0 Å². The molecule has 6 heteroatoms. The van der Waals surface area contributed by atoms with E-state index in [0.717, 1.165) is 12.8 Å². The van der Waals surface area contributed by atoms with Crippen molar-refractivity contribution in [2.75, 3.05) is 6.61 Å². The summed E-state index contributed by atoms with van der Waals surface area (Å²) in [6, 6.07) is 0. The molecule has 0 aliphatic rings. The SMILES string of the molecule is CCCCC(O)C(C)(CO)c1cn(C)nc1C(F)F. The maximum atomic E-state index is 13.0. The Morgan fingerprint density at radius 3 is 2.58 bits per heavy atom. The third-order valence-electron chi connectivity index (χ3n) is 3.57. The number of unbranched alkanes of at least 4 members (excludes halogenated alkanes) is 1. The molecule has 0 saturated heterocycles. The first-order valence-corrected chi connectivity index (χ1v) is 6.47. The Labute approximate surface area is 112 Å². The zero-order valence-corrected chi connectivity index (χ0v) is 11.6. The van der Waals surface area contributed by atoms with Crippen molar-refractivity contribution in [3.8, 4) is 0 Å².